The van der Waals surface area contributed by atoms with E-state index in [0.29, 0.717) is 13.1 Å². The van der Waals surface area contributed by atoms with Gasteiger partial charge in [-0.05, 0) is 25.6 Å². The van der Waals surface area contributed by atoms with Gasteiger partial charge in [-0.25, -0.2) is 0 Å². The van der Waals surface area contributed by atoms with Crippen LogP contribution in [0.15, 0.2) is 12.1 Å². The van der Waals surface area contributed by atoms with E-state index in [1.54, 1.807) is 6.07 Å². The van der Waals surface area contributed by atoms with E-state index in [9.17, 15) is 10.1 Å². The molecule has 0 bridgehead atoms. The molecular weight excluding hydrogens is 202 g/mol. The van der Waals surface area contributed by atoms with Crippen molar-refractivity contribution in [1.29, 1.82) is 0 Å². The molecule has 0 amide bonds. The Labute approximate surface area is 86.1 Å². The van der Waals surface area contributed by atoms with Crippen molar-refractivity contribution in [2.75, 3.05) is 13.1 Å². The number of hydrogen-bond acceptors (Lipinski definition) is 5. The summed E-state index contributed by atoms with van der Waals surface area (Å²) in [4.78, 5) is 11.0. The van der Waals surface area contributed by atoms with Crippen LogP contribution in [0.25, 0.3) is 0 Å². The summed E-state index contributed by atoms with van der Waals surface area (Å²) in [5.74, 6) is 0. The molecule has 0 aliphatic heterocycles. The van der Waals surface area contributed by atoms with E-state index >= 15 is 0 Å². The van der Waals surface area contributed by atoms with Gasteiger partial charge in [0.05, 0.1) is 4.92 Å². The molecule has 1 aromatic heterocycles. The van der Waals surface area contributed by atoms with E-state index in [1.807, 2.05) is 0 Å². The lowest BCUT2D eigenvalue weighted by molar-refractivity contribution is -0.380. The maximum atomic E-state index is 10.4. The fourth-order valence-electron chi connectivity index (χ4n) is 0.998. The normalized spacial score (nSPS) is 10.4. The van der Waals surface area contributed by atoms with E-state index in [2.05, 4.69) is 5.32 Å². The molecule has 14 heavy (non-hydrogen) atoms. The molecular formula is C8H13N3O2S. The third kappa shape index (κ3) is 3.41. The topological polar surface area (TPSA) is 81.2 Å². The summed E-state index contributed by atoms with van der Waals surface area (Å²) in [5.41, 5.74) is 5.33. The molecule has 6 heteroatoms. The summed E-state index contributed by atoms with van der Waals surface area (Å²) < 4.78 is 0. The van der Waals surface area contributed by atoms with Gasteiger partial charge >= 0.3 is 5.00 Å². The predicted octanol–water partition coefficient (Wildman–Crippen LogP) is 1.09. The highest BCUT2D eigenvalue weighted by Crippen LogP contribution is 2.23. The van der Waals surface area contributed by atoms with E-state index in [0.717, 1.165) is 17.8 Å². The average molecular weight is 215 g/mol. The number of rotatable bonds is 6. The first-order chi connectivity index (χ1) is 6.74. The molecule has 0 saturated heterocycles. The van der Waals surface area contributed by atoms with Crippen LogP contribution in [0.5, 0.6) is 0 Å². The fraction of sp³-hybridized carbons (Fsp3) is 0.500. The van der Waals surface area contributed by atoms with Crippen LogP contribution in [0.2, 0.25) is 0 Å². The first-order valence-electron chi connectivity index (χ1n) is 4.38. The SMILES string of the molecule is NCCCNCc1ccc([N+](=O)[O-])s1. The molecule has 1 heterocycles. The number of nitrogens with two attached hydrogens (primary N) is 1. The minimum Gasteiger partial charge on any atom is -0.330 e. The van der Waals surface area contributed by atoms with Gasteiger partial charge in [-0.2, -0.15) is 0 Å². The Hall–Kier alpha value is -0.980. The van der Waals surface area contributed by atoms with Gasteiger partial charge in [-0.15, -0.1) is 0 Å². The van der Waals surface area contributed by atoms with Crippen molar-refractivity contribution in [3.63, 3.8) is 0 Å². The first-order valence-corrected chi connectivity index (χ1v) is 5.19. The second kappa shape index (κ2) is 5.69. The van der Waals surface area contributed by atoms with Crippen molar-refractivity contribution in [1.82, 2.24) is 5.32 Å². The molecule has 0 unspecified atom stereocenters. The highest BCUT2D eigenvalue weighted by atomic mass is 32.1. The summed E-state index contributed by atoms with van der Waals surface area (Å²) in [6, 6.07) is 3.31. The molecule has 5 nitrogen and oxygen atoms in total. The smallest absolute Gasteiger partial charge is 0.324 e. The maximum Gasteiger partial charge on any atom is 0.324 e. The van der Waals surface area contributed by atoms with Gasteiger partial charge in [0.1, 0.15) is 0 Å². The van der Waals surface area contributed by atoms with Crippen LogP contribution in [-0.2, 0) is 6.54 Å². The minimum absolute atomic E-state index is 0.195. The van der Waals surface area contributed by atoms with Crippen molar-refractivity contribution in [3.05, 3.63) is 27.1 Å². The van der Waals surface area contributed by atoms with Crippen LogP contribution in [0.1, 0.15) is 11.3 Å². The van der Waals surface area contributed by atoms with E-state index < -0.39 is 0 Å². The quantitative estimate of drug-likeness (QED) is 0.423. The van der Waals surface area contributed by atoms with Gasteiger partial charge in [-0.1, -0.05) is 11.3 Å². The lowest BCUT2D eigenvalue weighted by Crippen LogP contribution is -2.16. The Morgan fingerprint density at radius 3 is 2.93 bits per heavy atom. The summed E-state index contributed by atoms with van der Waals surface area (Å²) >= 11 is 1.21. The van der Waals surface area contributed by atoms with Crippen LogP contribution in [0, 0.1) is 10.1 Å². The zero-order chi connectivity index (χ0) is 10.4. The Morgan fingerprint density at radius 2 is 2.36 bits per heavy atom. The lowest BCUT2D eigenvalue weighted by Gasteiger charge is -1.99. The zero-order valence-corrected chi connectivity index (χ0v) is 8.55. The van der Waals surface area contributed by atoms with Gasteiger partial charge in [0.25, 0.3) is 0 Å². The first kappa shape index (κ1) is 11.1. The van der Waals surface area contributed by atoms with Crippen LogP contribution in [-0.4, -0.2) is 18.0 Å². The van der Waals surface area contributed by atoms with Gasteiger partial charge < -0.3 is 11.1 Å². The van der Waals surface area contributed by atoms with Gasteiger partial charge in [0.2, 0.25) is 0 Å². The van der Waals surface area contributed by atoms with Crippen molar-refractivity contribution < 1.29 is 4.92 Å². The summed E-state index contributed by atoms with van der Waals surface area (Å²) in [6.07, 6.45) is 0.924. The van der Waals surface area contributed by atoms with E-state index in [-0.39, 0.29) is 9.92 Å². The van der Waals surface area contributed by atoms with Gasteiger partial charge in [0.15, 0.2) is 0 Å². The molecule has 0 fully saturated rings. The molecule has 1 rings (SSSR count). The third-order valence-corrected chi connectivity index (χ3v) is 2.72. The van der Waals surface area contributed by atoms with Crippen molar-refractivity contribution >= 4 is 16.3 Å². The molecule has 0 atom stereocenters. The zero-order valence-electron chi connectivity index (χ0n) is 7.73. The van der Waals surface area contributed by atoms with Crippen molar-refractivity contribution in [2.45, 2.75) is 13.0 Å². The molecule has 0 radical (unpaired) electrons. The summed E-state index contributed by atoms with van der Waals surface area (Å²) in [5, 5.41) is 13.7. The number of thiophene rings is 1. The highest BCUT2D eigenvalue weighted by Gasteiger charge is 2.08. The fourth-order valence-corrected chi connectivity index (χ4v) is 1.79. The number of hydrogen-bond donors (Lipinski definition) is 2. The highest BCUT2D eigenvalue weighted by molar-refractivity contribution is 7.15. The van der Waals surface area contributed by atoms with Crippen LogP contribution in [0.3, 0.4) is 0 Å². The van der Waals surface area contributed by atoms with Gasteiger partial charge in [0, 0.05) is 17.5 Å². The minimum atomic E-state index is -0.367. The van der Waals surface area contributed by atoms with Crippen molar-refractivity contribution in [3.8, 4) is 0 Å². The Kier molecular flexibility index (Phi) is 4.51. The number of nitrogens with zero attached hydrogens (tertiary/aromatic N) is 1. The molecule has 1 aromatic rings. The van der Waals surface area contributed by atoms with Crippen LogP contribution >= 0.6 is 11.3 Å². The molecule has 0 saturated carbocycles. The molecule has 0 aliphatic rings. The average Bonchev–Trinajstić information content (AvgIpc) is 2.61. The Balaban J connectivity index is 2.33. The second-order valence-electron chi connectivity index (χ2n) is 2.82. The summed E-state index contributed by atoms with van der Waals surface area (Å²) in [6.45, 7) is 2.19. The molecule has 0 spiro atoms. The monoisotopic (exact) mass is 215 g/mol. The Bertz CT molecular complexity index is 301. The molecule has 3 N–H and O–H groups in total. The molecule has 0 aromatic carbocycles. The maximum absolute atomic E-state index is 10.4. The van der Waals surface area contributed by atoms with E-state index in [1.165, 1.54) is 17.4 Å². The van der Waals surface area contributed by atoms with Crippen molar-refractivity contribution in [2.24, 2.45) is 5.73 Å². The van der Waals surface area contributed by atoms with E-state index in [4.69, 9.17) is 5.73 Å². The number of nitro groups is 1. The largest absolute Gasteiger partial charge is 0.330 e. The summed E-state index contributed by atoms with van der Waals surface area (Å²) in [7, 11) is 0. The van der Waals surface area contributed by atoms with Crippen LogP contribution in [0.4, 0.5) is 5.00 Å². The second-order valence-corrected chi connectivity index (χ2v) is 3.96. The third-order valence-electron chi connectivity index (χ3n) is 1.68. The van der Waals surface area contributed by atoms with Gasteiger partial charge in [-0.3, -0.25) is 10.1 Å². The molecule has 78 valence electrons. The Morgan fingerprint density at radius 1 is 1.57 bits per heavy atom. The standard InChI is InChI=1S/C8H13N3O2S/c9-4-1-5-10-6-7-2-3-8(14-7)11(12)13/h2-3,10H,1,4-6,9H2. The van der Waals surface area contributed by atoms with Crippen LogP contribution < -0.4 is 11.1 Å². The predicted molar refractivity (Wildman–Crippen MR) is 56.4 cm³/mol. The molecule has 0 aliphatic carbocycles. The number of nitrogens with one attached hydrogen (secondary N) is 1. The lowest BCUT2D eigenvalue weighted by atomic mass is 10.4.